The van der Waals surface area contributed by atoms with Crippen molar-refractivity contribution in [1.29, 1.82) is 0 Å². The number of halogens is 1. The van der Waals surface area contributed by atoms with Crippen molar-refractivity contribution in [3.05, 3.63) is 72.2 Å². The topological polar surface area (TPSA) is 112 Å². The van der Waals surface area contributed by atoms with Gasteiger partial charge in [-0.1, -0.05) is 41.6 Å². The molecule has 0 aliphatic rings. The van der Waals surface area contributed by atoms with Gasteiger partial charge in [-0.25, -0.2) is 9.78 Å². The van der Waals surface area contributed by atoms with Gasteiger partial charge in [-0.05, 0) is 19.1 Å². The molecule has 2 aromatic heterocycles. The van der Waals surface area contributed by atoms with Crippen molar-refractivity contribution in [1.82, 2.24) is 25.3 Å². The predicted molar refractivity (Wildman–Crippen MR) is 121 cm³/mol. The molecule has 166 valence electrons. The van der Waals surface area contributed by atoms with Crippen LogP contribution in [0.4, 0.5) is 0 Å². The summed E-state index contributed by atoms with van der Waals surface area (Å²) in [6, 6.07) is 7.02. The number of para-hydroxylation sites is 1. The molecule has 0 aliphatic heterocycles. The highest BCUT2D eigenvalue weighted by Crippen LogP contribution is 2.13. The molecule has 0 radical (unpaired) electrons. The van der Waals surface area contributed by atoms with E-state index in [4.69, 9.17) is 4.42 Å². The quantitative estimate of drug-likeness (QED) is 0.305. The number of ether oxygens (including phenoxy) is 1. The zero-order valence-electron chi connectivity index (χ0n) is 16.7. The standard InChI is InChI=1S/C17H17N5O4.C3H5Br.CH4/c1-11-15(17(24)25-2)21-14(26-11)7-8-18-16(23)12-5-3-4-6-13(12)22-19-9-10-20-22;1-2-3-4;/h3-6,9-10H,7-8H2,1-2H3,(H,18,23);2H,1,3H2;1H4. The number of carbonyl (C=O) groups is 2. The number of aromatic nitrogens is 4. The number of methoxy groups -OCH3 is 1. The molecular formula is C21H26BrN5O4. The van der Waals surface area contributed by atoms with Crippen molar-refractivity contribution < 1.29 is 18.7 Å². The fourth-order valence-corrected chi connectivity index (χ4v) is 2.40. The fourth-order valence-electron chi connectivity index (χ4n) is 2.40. The zero-order valence-corrected chi connectivity index (χ0v) is 18.3. The molecule has 1 N–H and O–H groups in total. The molecule has 9 nitrogen and oxygen atoms in total. The lowest BCUT2D eigenvalue weighted by Crippen LogP contribution is -2.27. The number of esters is 1. The van der Waals surface area contributed by atoms with Crippen LogP contribution >= 0.6 is 15.9 Å². The summed E-state index contributed by atoms with van der Waals surface area (Å²) in [5.74, 6) is -0.0879. The maximum Gasteiger partial charge on any atom is 0.360 e. The van der Waals surface area contributed by atoms with Crippen LogP contribution in [0.25, 0.3) is 5.69 Å². The lowest BCUT2D eigenvalue weighted by atomic mass is 10.1. The van der Waals surface area contributed by atoms with Gasteiger partial charge in [0, 0.05) is 18.3 Å². The summed E-state index contributed by atoms with van der Waals surface area (Å²) in [4.78, 5) is 29.5. The number of nitrogens with zero attached hydrogens (tertiary/aromatic N) is 4. The molecule has 0 aliphatic carbocycles. The molecule has 1 amide bonds. The number of amides is 1. The summed E-state index contributed by atoms with van der Waals surface area (Å²) in [7, 11) is 1.28. The molecule has 10 heteroatoms. The van der Waals surface area contributed by atoms with E-state index >= 15 is 0 Å². The van der Waals surface area contributed by atoms with E-state index in [1.165, 1.54) is 11.9 Å². The summed E-state index contributed by atoms with van der Waals surface area (Å²) in [6.45, 7) is 5.36. The number of hydrogen-bond donors (Lipinski definition) is 1. The molecule has 3 rings (SSSR count). The molecule has 31 heavy (non-hydrogen) atoms. The van der Waals surface area contributed by atoms with E-state index in [9.17, 15) is 9.59 Å². The third-order valence-electron chi connectivity index (χ3n) is 3.74. The van der Waals surface area contributed by atoms with E-state index in [2.05, 4.69) is 47.7 Å². The Morgan fingerprint density at radius 3 is 2.55 bits per heavy atom. The largest absolute Gasteiger partial charge is 0.464 e. The normalized spacial score (nSPS) is 9.65. The number of allylic oxidation sites excluding steroid dienone is 1. The Balaban J connectivity index is 0.000000885. The predicted octanol–water partition coefficient (Wildman–Crippen LogP) is 3.53. The van der Waals surface area contributed by atoms with Crippen molar-refractivity contribution in [3.8, 4) is 5.69 Å². The van der Waals surface area contributed by atoms with Crippen LogP contribution in [0.15, 0.2) is 53.7 Å². The molecular weight excluding hydrogens is 466 g/mol. The van der Waals surface area contributed by atoms with Crippen molar-refractivity contribution in [2.24, 2.45) is 0 Å². The molecule has 1 aromatic carbocycles. The number of alkyl halides is 1. The highest BCUT2D eigenvalue weighted by Gasteiger charge is 2.18. The van der Waals surface area contributed by atoms with Gasteiger partial charge in [0.25, 0.3) is 5.91 Å². The molecule has 0 saturated carbocycles. The third kappa shape index (κ3) is 7.18. The number of hydrogen-bond acceptors (Lipinski definition) is 7. The third-order valence-corrected chi connectivity index (χ3v) is 4.19. The molecule has 2 heterocycles. The lowest BCUT2D eigenvalue weighted by molar-refractivity contribution is 0.0592. The minimum atomic E-state index is -0.554. The van der Waals surface area contributed by atoms with Gasteiger partial charge in [0.1, 0.15) is 5.76 Å². The minimum Gasteiger partial charge on any atom is -0.464 e. The molecule has 3 aromatic rings. The number of carbonyl (C=O) groups excluding carboxylic acids is 2. The molecule has 0 saturated heterocycles. The number of aryl methyl sites for hydroxylation is 1. The highest BCUT2D eigenvalue weighted by molar-refractivity contribution is 9.09. The second kappa shape index (κ2) is 13.1. The van der Waals surface area contributed by atoms with Gasteiger partial charge in [0.2, 0.25) is 0 Å². The second-order valence-corrected chi connectivity index (χ2v) is 6.44. The number of benzene rings is 1. The van der Waals surface area contributed by atoms with Crippen molar-refractivity contribution in [3.63, 3.8) is 0 Å². The second-order valence-electron chi connectivity index (χ2n) is 5.79. The lowest BCUT2D eigenvalue weighted by Gasteiger charge is -2.08. The van der Waals surface area contributed by atoms with Gasteiger partial charge >= 0.3 is 5.97 Å². The smallest absolute Gasteiger partial charge is 0.360 e. The Labute approximate surface area is 189 Å². The van der Waals surface area contributed by atoms with E-state index in [-0.39, 0.29) is 19.0 Å². The van der Waals surface area contributed by atoms with Gasteiger partial charge in [0.05, 0.1) is 30.8 Å². The molecule has 0 bridgehead atoms. The first-order valence-corrected chi connectivity index (χ1v) is 10.1. The van der Waals surface area contributed by atoms with Crippen molar-refractivity contribution in [2.45, 2.75) is 20.8 Å². The first-order chi connectivity index (χ1) is 14.5. The van der Waals surface area contributed by atoms with Gasteiger partial charge in [-0.2, -0.15) is 15.0 Å². The van der Waals surface area contributed by atoms with E-state index in [1.807, 2.05) is 0 Å². The maximum absolute atomic E-state index is 12.5. The first-order valence-electron chi connectivity index (χ1n) is 8.97. The summed E-state index contributed by atoms with van der Waals surface area (Å²) in [6.07, 6.45) is 5.21. The van der Waals surface area contributed by atoms with E-state index < -0.39 is 5.97 Å². The highest BCUT2D eigenvalue weighted by atomic mass is 79.9. The minimum absolute atomic E-state index is 0. The Kier molecular flexibility index (Phi) is 10.9. The van der Waals surface area contributed by atoms with Crippen LogP contribution in [0.3, 0.4) is 0 Å². The van der Waals surface area contributed by atoms with Crippen LogP contribution in [0.2, 0.25) is 0 Å². The van der Waals surface area contributed by atoms with Crippen LogP contribution in [-0.4, -0.2) is 50.8 Å². The maximum atomic E-state index is 12.5. The number of oxazole rings is 1. The van der Waals surface area contributed by atoms with Crippen LogP contribution in [0.1, 0.15) is 39.9 Å². The van der Waals surface area contributed by atoms with Crippen LogP contribution in [0, 0.1) is 6.92 Å². The van der Waals surface area contributed by atoms with Crippen molar-refractivity contribution >= 4 is 27.8 Å². The van der Waals surface area contributed by atoms with Crippen LogP contribution in [-0.2, 0) is 11.2 Å². The van der Waals surface area contributed by atoms with Crippen molar-refractivity contribution in [2.75, 3.05) is 19.0 Å². The first kappa shape index (κ1) is 25.8. The zero-order chi connectivity index (χ0) is 21.9. The fraction of sp³-hybridized carbons (Fsp3) is 0.286. The summed E-state index contributed by atoms with van der Waals surface area (Å²) >= 11 is 3.13. The summed E-state index contributed by atoms with van der Waals surface area (Å²) < 4.78 is 10.1. The SMILES string of the molecule is C.C=CCBr.COC(=O)c1nc(CCNC(=O)c2ccccc2-n2nccn2)oc1C. The average Bonchev–Trinajstić information content (AvgIpc) is 3.43. The van der Waals surface area contributed by atoms with Gasteiger partial charge in [0.15, 0.2) is 11.6 Å². The Morgan fingerprint density at radius 2 is 1.94 bits per heavy atom. The number of rotatable bonds is 7. The molecule has 0 fully saturated rings. The molecule has 0 atom stereocenters. The Hall–Kier alpha value is -3.27. The van der Waals surface area contributed by atoms with E-state index in [0.29, 0.717) is 35.9 Å². The van der Waals surface area contributed by atoms with Crippen LogP contribution < -0.4 is 5.32 Å². The Bertz CT molecular complexity index is 986. The van der Waals surface area contributed by atoms with Gasteiger partial charge in [-0.15, -0.1) is 6.58 Å². The Morgan fingerprint density at radius 1 is 1.29 bits per heavy atom. The summed E-state index contributed by atoms with van der Waals surface area (Å²) in [5, 5.41) is 11.8. The molecule has 0 spiro atoms. The summed E-state index contributed by atoms with van der Waals surface area (Å²) in [5.41, 5.74) is 1.17. The average molecular weight is 492 g/mol. The van der Waals surface area contributed by atoms with E-state index in [0.717, 1.165) is 5.33 Å². The molecule has 0 unspecified atom stereocenters. The number of nitrogens with one attached hydrogen (secondary N) is 1. The van der Waals surface area contributed by atoms with Crippen LogP contribution in [0.5, 0.6) is 0 Å². The van der Waals surface area contributed by atoms with Gasteiger partial charge in [-0.3, -0.25) is 4.79 Å². The van der Waals surface area contributed by atoms with E-state index in [1.54, 1.807) is 49.7 Å². The monoisotopic (exact) mass is 491 g/mol. The van der Waals surface area contributed by atoms with Gasteiger partial charge < -0.3 is 14.5 Å².